The molecule has 4 rings (SSSR count). The number of primary amides is 1. The van der Waals surface area contributed by atoms with E-state index < -0.39 is 11.9 Å². The van der Waals surface area contributed by atoms with Crippen molar-refractivity contribution in [1.29, 1.82) is 0 Å². The lowest BCUT2D eigenvalue weighted by atomic mass is 9.91. The Morgan fingerprint density at radius 3 is 2.73 bits per heavy atom. The first-order chi connectivity index (χ1) is 17.9. The maximum atomic E-state index is 12.3. The fourth-order valence-corrected chi connectivity index (χ4v) is 5.17. The number of hydrogen-bond acceptors (Lipinski definition) is 8. The molecule has 0 spiro atoms. The Kier molecular flexibility index (Phi) is 8.91. The van der Waals surface area contributed by atoms with Gasteiger partial charge in [0, 0.05) is 37.7 Å². The molecule has 1 saturated heterocycles. The van der Waals surface area contributed by atoms with E-state index in [1.165, 1.54) is 11.3 Å². The quantitative estimate of drug-likeness (QED) is 0.391. The Labute approximate surface area is 219 Å². The zero-order valence-corrected chi connectivity index (χ0v) is 22.1. The molecular weight excluding hydrogens is 472 g/mol. The van der Waals surface area contributed by atoms with Crippen molar-refractivity contribution in [2.75, 3.05) is 26.3 Å². The Morgan fingerprint density at radius 2 is 2.05 bits per heavy atom. The highest BCUT2D eigenvalue weighted by atomic mass is 16.5. The smallest absolute Gasteiger partial charge is 0.247 e. The first-order valence-corrected chi connectivity index (χ1v) is 13.4. The minimum atomic E-state index is -0.746. The summed E-state index contributed by atoms with van der Waals surface area (Å²) in [6.07, 6.45) is 10.0. The van der Waals surface area contributed by atoms with E-state index in [0.29, 0.717) is 42.4 Å². The van der Waals surface area contributed by atoms with Gasteiger partial charge in [0.15, 0.2) is 6.04 Å². The standard InChI is InChI=1S/C27H40N6O4/c1-4-21-27(37-20-8-6-7-18(16-20)29-23(34)5-2)32-26(24(31-21)25(28)35)30-19-9-10-22(17(3)15-19)33-11-13-36-14-12-33/h6-8,18-19,24,31H,4-5,9-16H2,1-3H3,(H2,28,35)(H,29,34)(H,30,32). The molecule has 37 heavy (non-hydrogen) atoms. The Hall–Kier alpha value is -3.27. The predicted octanol–water partition coefficient (Wildman–Crippen LogP) is 1.92. The van der Waals surface area contributed by atoms with Gasteiger partial charge in [-0.3, -0.25) is 9.59 Å². The number of rotatable bonds is 8. The first-order valence-electron chi connectivity index (χ1n) is 13.4. The van der Waals surface area contributed by atoms with Crippen molar-refractivity contribution in [2.45, 2.75) is 77.4 Å². The van der Waals surface area contributed by atoms with Crippen LogP contribution in [-0.2, 0) is 19.1 Å². The van der Waals surface area contributed by atoms with Crippen LogP contribution in [-0.4, -0.2) is 67.0 Å². The van der Waals surface area contributed by atoms with Gasteiger partial charge in [-0.15, -0.1) is 0 Å². The van der Waals surface area contributed by atoms with Crippen LogP contribution < -0.4 is 21.7 Å². The zero-order chi connectivity index (χ0) is 26.4. The summed E-state index contributed by atoms with van der Waals surface area (Å²) >= 11 is 0. The van der Waals surface area contributed by atoms with Gasteiger partial charge in [0.05, 0.1) is 25.0 Å². The van der Waals surface area contributed by atoms with E-state index >= 15 is 0 Å². The normalized spacial score (nSPS) is 26.2. The van der Waals surface area contributed by atoms with Crippen LogP contribution in [0.3, 0.4) is 0 Å². The molecule has 4 aliphatic rings. The topological polar surface area (TPSA) is 130 Å². The maximum absolute atomic E-state index is 12.3. The van der Waals surface area contributed by atoms with Crippen LogP contribution in [0.4, 0.5) is 0 Å². The molecule has 10 heteroatoms. The molecule has 5 N–H and O–H groups in total. The second-order valence-corrected chi connectivity index (χ2v) is 9.88. The molecule has 3 atom stereocenters. The van der Waals surface area contributed by atoms with Gasteiger partial charge in [0.25, 0.3) is 0 Å². The summed E-state index contributed by atoms with van der Waals surface area (Å²) in [7, 11) is 0. The van der Waals surface area contributed by atoms with Crippen molar-refractivity contribution < 1.29 is 19.1 Å². The number of nitrogens with zero attached hydrogens (tertiary/aromatic N) is 2. The van der Waals surface area contributed by atoms with Gasteiger partial charge >= 0.3 is 0 Å². The van der Waals surface area contributed by atoms with Crippen LogP contribution in [0.2, 0.25) is 0 Å². The number of ether oxygens (including phenoxy) is 2. The number of carbonyl (C=O) groups excluding carboxylic acids is 2. The molecule has 2 amide bonds. The van der Waals surface area contributed by atoms with Crippen molar-refractivity contribution in [3.8, 4) is 0 Å². The molecule has 0 aromatic heterocycles. The van der Waals surface area contributed by atoms with Gasteiger partial charge in [0.1, 0.15) is 11.6 Å². The van der Waals surface area contributed by atoms with E-state index in [1.54, 1.807) is 0 Å². The van der Waals surface area contributed by atoms with Gasteiger partial charge < -0.3 is 36.1 Å². The molecule has 1 fully saturated rings. The van der Waals surface area contributed by atoms with Crippen LogP contribution >= 0.6 is 0 Å². The SMILES string of the molecule is CCC(=O)NC1C=CC=C(OC2=C(CC)NC(C(N)=O)C(NC3CCC(N4CCOCC4)=C(C)C3)=N2)C1. The summed E-state index contributed by atoms with van der Waals surface area (Å²) in [6.45, 7) is 9.40. The van der Waals surface area contributed by atoms with E-state index in [9.17, 15) is 9.59 Å². The van der Waals surface area contributed by atoms with Crippen LogP contribution in [0.5, 0.6) is 0 Å². The highest BCUT2D eigenvalue weighted by Gasteiger charge is 2.32. The first kappa shape index (κ1) is 26.8. The lowest BCUT2D eigenvalue weighted by Gasteiger charge is -2.37. The van der Waals surface area contributed by atoms with Crippen LogP contribution in [0.15, 0.2) is 51.8 Å². The van der Waals surface area contributed by atoms with E-state index in [4.69, 9.17) is 20.2 Å². The minimum Gasteiger partial charge on any atom is -0.442 e. The number of aliphatic imine (C=N–C) groups is 1. The van der Waals surface area contributed by atoms with Crippen molar-refractivity contribution in [3.05, 3.63) is 46.8 Å². The van der Waals surface area contributed by atoms with Crippen molar-refractivity contribution in [3.63, 3.8) is 0 Å². The molecule has 3 unspecified atom stereocenters. The zero-order valence-electron chi connectivity index (χ0n) is 22.1. The molecular formula is C27H40N6O4. The molecule has 0 aromatic rings. The van der Waals surface area contributed by atoms with Crippen molar-refractivity contribution in [1.82, 2.24) is 20.9 Å². The molecule has 0 aromatic carbocycles. The molecule has 202 valence electrons. The molecule has 2 aliphatic heterocycles. The highest BCUT2D eigenvalue weighted by molar-refractivity contribution is 6.07. The van der Waals surface area contributed by atoms with Crippen molar-refractivity contribution >= 4 is 17.6 Å². The lowest BCUT2D eigenvalue weighted by molar-refractivity contribution is -0.121. The van der Waals surface area contributed by atoms with Gasteiger partial charge in [0.2, 0.25) is 17.7 Å². The number of nitrogens with one attached hydrogen (secondary N) is 3. The summed E-state index contributed by atoms with van der Waals surface area (Å²) in [5.74, 6) is 1.09. The minimum absolute atomic E-state index is 0.00824. The van der Waals surface area contributed by atoms with Crippen LogP contribution in [0, 0.1) is 0 Å². The third-order valence-electron chi connectivity index (χ3n) is 7.17. The summed E-state index contributed by atoms with van der Waals surface area (Å²) in [5.41, 5.74) is 9.24. The Balaban J connectivity index is 1.47. The molecule has 0 bridgehead atoms. The largest absolute Gasteiger partial charge is 0.442 e. The third-order valence-corrected chi connectivity index (χ3v) is 7.17. The summed E-state index contributed by atoms with van der Waals surface area (Å²) in [4.78, 5) is 31.4. The average Bonchev–Trinajstić information content (AvgIpc) is 2.89. The van der Waals surface area contributed by atoms with E-state index in [-0.39, 0.29) is 18.0 Å². The fraction of sp³-hybridized carbons (Fsp3) is 0.593. The Bertz CT molecular complexity index is 1040. The number of hydrogen-bond donors (Lipinski definition) is 4. The number of carbonyl (C=O) groups is 2. The van der Waals surface area contributed by atoms with E-state index in [2.05, 4.69) is 27.8 Å². The molecule has 2 aliphatic carbocycles. The van der Waals surface area contributed by atoms with E-state index in [0.717, 1.165) is 45.6 Å². The number of nitrogens with two attached hydrogens (primary N) is 1. The summed E-state index contributed by atoms with van der Waals surface area (Å²) in [6, 6.07) is -0.738. The monoisotopic (exact) mass is 512 g/mol. The summed E-state index contributed by atoms with van der Waals surface area (Å²) in [5, 5.41) is 9.72. The fourth-order valence-electron chi connectivity index (χ4n) is 5.17. The maximum Gasteiger partial charge on any atom is 0.247 e. The summed E-state index contributed by atoms with van der Waals surface area (Å²) < 4.78 is 11.7. The molecule has 10 nitrogen and oxygen atoms in total. The molecule has 0 saturated carbocycles. The number of amidine groups is 1. The lowest BCUT2D eigenvalue weighted by Crippen LogP contribution is -2.56. The second kappa shape index (κ2) is 12.3. The van der Waals surface area contributed by atoms with Crippen LogP contribution in [0.1, 0.15) is 59.3 Å². The van der Waals surface area contributed by atoms with Crippen molar-refractivity contribution in [2.24, 2.45) is 10.7 Å². The number of morpholine rings is 1. The van der Waals surface area contributed by atoms with Crippen LogP contribution in [0.25, 0.3) is 0 Å². The van der Waals surface area contributed by atoms with Gasteiger partial charge in [-0.2, -0.15) is 4.99 Å². The van der Waals surface area contributed by atoms with E-state index in [1.807, 2.05) is 32.1 Å². The average molecular weight is 513 g/mol. The van der Waals surface area contributed by atoms with Gasteiger partial charge in [-0.05, 0) is 38.7 Å². The number of allylic oxidation sites excluding steroid dienone is 4. The predicted molar refractivity (Wildman–Crippen MR) is 142 cm³/mol. The molecule has 2 heterocycles. The Morgan fingerprint density at radius 1 is 1.27 bits per heavy atom. The number of amides is 2. The molecule has 0 radical (unpaired) electrons. The van der Waals surface area contributed by atoms with Gasteiger partial charge in [-0.1, -0.05) is 31.6 Å². The highest BCUT2D eigenvalue weighted by Crippen LogP contribution is 2.29. The third kappa shape index (κ3) is 6.74. The second-order valence-electron chi connectivity index (χ2n) is 9.88. The van der Waals surface area contributed by atoms with Gasteiger partial charge in [-0.25, -0.2) is 0 Å².